The minimum atomic E-state index is -0.263. The number of hydrogen-bond donors (Lipinski definition) is 2. The highest BCUT2D eigenvalue weighted by Crippen LogP contribution is 2.31. The Morgan fingerprint density at radius 1 is 1.44 bits per heavy atom. The molecule has 2 heterocycles. The lowest BCUT2D eigenvalue weighted by atomic mass is 10.1. The zero-order valence-electron chi connectivity index (χ0n) is 15.3. The summed E-state index contributed by atoms with van der Waals surface area (Å²) >= 11 is 1.53. The van der Waals surface area contributed by atoms with E-state index in [4.69, 9.17) is 10.00 Å². The van der Waals surface area contributed by atoms with Crippen LogP contribution in [0.1, 0.15) is 12.8 Å². The van der Waals surface area contributed by atoms with Crippen molar-refractivity contribution < 1.29 is 9.53 Å². The van der Waals surface area contributed by atoms with E-state index >= 15 is 0 Å². The number of methoxy groups -OCH3 is 1. The van der Waals surface area contributed by atoms with Gasteiger partial charge in [-0.1, -0.05) is 12.1 Å². The minimum absolute atomic E-state index is 0.00763. The Morgan fingerprint density at radius 2 is 2.30 bits per heavy atom. The maximum absolute atomic E-state index is 12.1. The number of carbonyl (C=O) groups is 1. The van der Waals surface area contributed by atoms with Crippen LogP contribution >= 0.6 is 11.3 Å². The standard InChI is InChI=1S/C19H23N5O2S/c1-26-17-7-3-2-6-15(17)16-13-27-19(23-16)22-9-8-21-12-18(25)24-10-4-5-14(24)11-20/h2-3,6-7,13-14,21H,4-5,8-10,12H2,1H3,(H,22,23)/t14-/m0/s1. The highest BCUT2D eigenvalue weighted by molar-refractivity contribution is 7.14. The monoisotopic (exact) mass is 385 g/mol. The van der Waals surface area contributed by atoms with Crippen molar-refractivity contribution in [2.75, 3.05) is 38.6 Å². The van der Waals surface area contributed by atoms with Gasteiger partial charge in [0.25, 0.3) is 0 Å². The van der Waals surface area contributed by atoms with Gasteiger partial charge < -0.3 is 20.3 Å². The Hall–Kier alpha value is -2.63. The van der Waals surface area contributed by atoms with Crippen LogP contribution in [0.5, 0.6) is 5.75 Å². The smallest absolute Gasteiger partial charge is 0.237 e. The van der Waals surface area contributed by atoms with E-state index in [1.165, 1.54) is 11.3 Å². The first-order valence-electron chi connectivity index (χ1n) is 8.95. The van der Waals surface area contributed by atoms with Crippen molar-refractivity contribution in [3.63, 3.8) is 0 Å². The molecular weight excluding hydrogens is 362 g/mol. The molecule has 1 aliphatic heterocycles. The van der Waals surface area contributed by atoms with Crippen LogP contribution in [-0.2, 0) is 4.79 Å². The molecule has 1 fully saturated rings. The van der Waals surface area contributed by atoms with E-state index in [-0.39, 0.29) is 18.5 Å². The van der Waals surface area contributed by atoms with Gasteiger partial charge in [0.2, 0.25) is 5.91 Å². The van der Waals surface area contributed by atoms with Gasteiger partial charge in [0.15, 0.2) is 5.13 Å². The molecule has 8 heteroatoms. The van der Waals surface area contributed by atoms with E-state index in [9.17, 15) is 4.79 Å². The maximum Gasteiger partial charge on any atom is 0.237 e. The van der Waals surface area contributed by atoms with Crippen molar-refractivity contribution in [2.24, 2.45) is 0 Å². The number of benzene rings is 1. The van der Waals surface area contributed by atoms with Gasteiger partial charge in [0.1, 0.15) is 11.8 Å². The molecule has 1 amide bonds. The summed E-state index contributed by atoms with van der Waals surface area (Å²) in [7, 11) is 1.65. The fraction of sp³-hybridized carbons (Fsp3) is 0.421. The molecule has 1 atom stereocenters. The minimum Gasteiger partial charge on any atom is -0.496 e. The molecular formula is C19H23N5O2S. The Balaban J connectivity index is 1.42. The third-order valence-corrected chi connectivity index (χ3v) is 5.26. The Kier molecular flexibility index (Phi) is 6.63. The number of ether oxygens (including phenoxy) is 1. The van der Waals surface area contributed by atoms with Gasteiger partial charge in [-0.3, -0.25) is 4.79 Å². The molecule has 0 radical (unpaired) electrons. The largest absolute Gasteiger partial charge is 0.496 e. The fourth-order valence-corrected chi connectivity index (χ4v) is 3.83. The molecule has 3 rings (SSSR count). The molecule has 0 bridgehead atoms. The summed E-state index contributed by atoms with van der Waals surface area (Å²) in [5.41, 5.74) is 1.84. The van der Waals surface area contributed by atoms with Crippen LogP contribution in [0.15, 0.2) is 29.6 Å². The number of aromatic nitrogens is 1. The summed E-state index contributed by atoms with van der Waals surface area (Å²) < 4.78 is 5.38. The molecule has 2 N–H and O–H groups in total. The third-order valence-electron chi connectivity index (χ3n) is 4.46. The van der Waals surface area contributed by atoms with E-state index in [2.05, 4.69) is 21.7 Å². The average molecular weight is 385 g/mol. The number of nitrogens with zero attached hydrogens (tertiary/aromatic N) is 3. The molecule has 1 saturated heterocycles. The van der Waals surface area contributed by atoms with E-state index < -0.39 is 0 Å². The molecule has 0 aliphatic carbocycles. The van der Waals surface area contributed by atoms with Crippen LogP contribution in [0.3, 0.4) is 0 Å². The first-order valence-corrected chi connectivity index (χ1v) is 9.83. The maximum atomic E-state index is 12.1. The Morgan fingerprint density at radius 3 is 3.11 bits per heavy atom. The molecule has 0 unspecified atom stereocenters. The number of anilines is 1. The van der Waals surface area contributed by atoms with Crippen molar-refractivity contribution in [3.05, 3.63) is 29.6 Å². The van der Waals surface area contributed by atoms with Gasteiger partial charge in [-0.15, -0.1) is 11.3 Å². The normalized spacial score (nSPS) is 16.1. The number of para-hydroxylation sites is 1. The second-order valence-electron chi connectivity index (χ2n) is 6.22. The first-order chi connectivity index (χ1) is 13.2. The van der Waals surface area contributed by atoms with Crippen molar-refractivity contribution in [2.45, 2.75) is 18.9 Å². The van der Waals surface area contributed by atoms with Crippen LogP contribution < -0.4 is 15.4 Å². The molecule has 1 aliphatic rings. The molecule has 1 aromatic carbocycles. The van der Waals surface area contributed by atoms with Gasteiger partial charge >= 0.3 is 0 Å². The average Bonchev–Trinajstić information content (AvgIpc) is 3.36. The number of hydrogen-bond acceptors (Lipinski definition) is 7. The molecule has 1 aromatic heterocycles. The van der Waals surface area contributed by atoms with Gasteiger partial charge in [-0.05, 0) is 25.0 Å². The van der Waals surface area contributed by atoms with E-state index in [0.717, 1.165) is 35.0 Å². The zero-order chi connectivity index (χ0) is 19.1. The Labute approximate surface area is 163 Å². The van der Waals surface area contributed by atoms with Crippen LogP contribution in [-0.4, -0.2) is 55.1 Å². The van der Waals surface area contributed by atoms with E-state index in [1.54, 1.807) is 12.0 Å². The van der Waals surface area contributed by atoms with E-state index in [1.807, 2.05) is 29.6 Å². The van der Waals surface area contributed by atoms with Crippen molar-refractivity contribution in [3.8, 4) is 23.1 Å². The number of nitrogens with one attached hydrogen (secondary N) is 2. The number of thiazole rings is 1. The molecule has 2 aromatic rings. The summed E-state index contributed by atoms with van der Waals surface area (Å²) in [5, 5.41) is 18.3. The van der Waals surface area contributed by atoms with Gasteiger partial charge in [0, 0.05) is 30.6 Å². The van der Waals surface area contributed by atoms with Gasteiger partial charge in [0.05, 0.1) is 25.4 Å². The van der Waals surface area contributed by atoms with Crippen LogP contribution in [0, 0.1) is 11.3 Å². The lowest BCUT2D eigenvalue weighted by Gasteiger charge is -2.19. The SMILES string of the molecule is COc1ccccc1-c1csc(NCCNCC(=O)N2CCC[C@H]2C#N)n1. The zero-order valence-corrected chi connectivity index (χ0v) is 16.1. The molecule has 7 nitrogen and oxygen atoms in total. The highest BCUT2D eigenvalue weighted by Gasteiger charge is 2.27. The summed E-state index contributed by atoms with van der Waals surface area (Å²) in [6.45, 7) is 2.24. The number of rotatable bonds is 8. The summed E-state index contributed by atoms with van der Waals surface area (Å²) in [5.74, 6) is 0.791. The topological polar surface area (TPSA) is 90.3 Å². The number of likely N-dealkylation sites (tertiary alicyclic amines) is 1. The van der Waals surface area contributed by atoms with E-state index in [0.29, 0.717) is 19.6 Å². The van der Waals surface area contributed by atoms with Crippen molar-refractivity contribution in [1.29, 1.82) is 5.26 Å². The second-order valence-corrected chi connectivity index (χ2v) is 7.07. The molecule has 27 heavy (non-hydrogen) atoms. The predicted octanol–water partition coefficient (Wildman–Crippen LogP) is 2.33. The summed E-state index contributed by atoms with van der Waals surface area (Å²) in [4.78, 5) is 18.4. The lowest BCUT2D eigenvalue weighted by molar-refractivity contribution is -0.130. The Bertz CT molecular complexity index is 816. The van der Waals surface area contributed by atoms with Crippen LogP contribution in [0.4, 0.5) is 5.13 Å². The number of amides is 1. The number of nitriles is 1. The first kappa shape index (κ1) is 19.1. The second kappa shape index (κ2) is 9.35. The quantitative estimate of drug-likeness (QED) is 0.678. The summed E-state index contributed by atoms with van der Waals surface area (Å²) in [6, 6.07) is 9.72. The third kappa shape index (κ3) is 4.76. The highest BCUT2D eigenvalue weighted by atomic mass is 32.1. The molecule has 0 spiro atoms. The predicted molar refractivity (Wildman–Crippen MR) is 106 cm³/mol. The van der Waals surface area contributed by atoms with Crippen LogP contribution in [0.2, 0.25) is 0 Å². The summed E-state index contributed by atoms with van der Waals surface area (Å²) in [6.07, 6.45) is 1.69. The molecule has 142 valence electrons. The van der Waals surface area contributed by atoms with Crippen molar-refractivity contribution in [1.82, 2.24) is 15.2 Å². The van der Waals surface area contributed by atoms with Gasteiger partial charge in [-0.25, -0.2) is 4.98 Å². The van der Waals surface area contributed by atoms with Gasteiger partial charge in [-0.2, -0.15) is 5.26 Å². The molecule has 0 saturated carbocycles. The van der Waals surface area contributed by atoms with Crippen LogP contribution in [0.25, 0.3) is 11.3 Å². The lowest BCUT2D eigenvalue weighted by Crippen LogP contribution is -2.41. The van der Waals surface area contributed by atoms with Crippen molar-refractivity contribution >= 4 is 22.4 Å². The number of carbonyl (C=O) groups excluding carboxylic acids is 1. The fourth-order valence-electron chi connectivity index (χ4n) is 3.09.